The van der Waals surface area contributed by atoms with Gasteiger partial charge in [0.25, 0.3) is 5.91 Å². The normalized spacial score (nSPS) is 17.8. The van der Waals surface area contributed by atoms with E-state index in [-0.39, 0.29) is 5.91 Å². The highest BCUT2D eigenvalue weighted by molar-refractivity contribution is 8.18. The second-order valence-electron chi connectivity index (χ2n) is 5.95. The van der Waals surface area contributed by atoms with E-state index in [1.54, 1.807) is 44.4 Å². The third-order valence-corrected chi connectivity index (χ3v) is 5.74. The van der Waals surface area contributed by atoms with Gasteiger partial charge < -0.3 is 14.6 Å². The van der Waals surface area contributed by atoms with Crippen LogP contribution in [0.25, 0.3) is 6.08 Å². The fraction of sp³-hybridized carbons (Fsp3) is 0.263. The van der Waals surface area contributed by atoms with Gasteiger partial charge in [0, 0.05) is 18.6 Å². The number of hydrogen-bond donors (Lipinski definition) is 1. The van der Waals surface area contributed by atoms with Crippen LogP contribution in [0.3, 0.4) is 0 Å². The van der Waals surface area contributed by atoms with Crippen molar-refractivity contribution in [1.29, 1.82) is 0 Å². The van der Waals surface area contributed by atoms with Gasteiger partial charge in [-0.15, -0.1) is 11.3 Å². The first-order chi connectivity index (χ1) is 13.9. The summed E-state index contributed by atoms with van der Waals surface area (Å²) in [6.45, 7) is 1.73. The Morgan fingerprint density at radius 1 is 1.41 bits per heavy atom. The number of carboxylic acid groups (broad SMARTS) is 1. The van der Waals surface area contributed by atoms with E-state index < -0.39 is 12.1 Å². The number of thioether (sulfide) groups is 1. The number of carbonyl (C=O) groups is 2. The van der Waals surface area contributed by atoms with Crippen LogP contribution in [0, 0.1) is 0 Å². The van der Waals surface area contributed by atoms with Gasteiger partial charge in [-0.05, 0) is 42.0 Å². The fourth-order valence-electron chi connectivity index (χ4n) is 2.49. The molecule has 0 saturated carbocycles. The Labute approximate surface area is 175 Å². The summed E-state index contributed by atoms with van der Waals surface area (Å²) < 4.78 is 10.9. The summed E-state index contributed by atoms with van der Waals surface area (Å²) in [5.41, 5.74) is 0.720. The Balaban J connectivity index is 1.84. The van der Waals surface area contributed by atoms with Gasteiger partial charge in [0.05, 0.1) is 12.0 Å². The number of carboxylic acids is 1. The smallest absolute Gasteiger partial charge is 0.344 e. The lowest BCUT2D eigenvalue weighted by molar-refractivity contribution is -0.145. The van der Waals surface area contributed by atoms with E-state index in [0.717, 1.165) is 5.56 Å². The number of rotatable bonds is 7. The van der Waals surface area contributed by atoms with E-state index >= 15 is 0 Å². The molecule has 1 N–H and O–H groups in total. The van der Waals surface area contributed by atoms with Crippen LogP contribution in [-0.4, -0.2) is 52.3 Å². The lowest BCUT2D eigenvalue weighted by Gasteiger charge is -2.16. The summed E-state index contributed by atoms with van der Waals surface area (Å²) in [6, 6.07) is 5.07. The standard InChI is InChI=1S/C19H19N3O5S2/c1-4-12(17(24)25)27-13-6-5-11(9-14(13)26-3)10-15-16(23)22(2)19(29-15)21-18-20-7-8-28-18/h5-10,12H,4H2,1-3H3,(H,24,25)/b15-10+,21-19+. The van der Waals surface area contributed by atoms with Gasteiger partial charge in [-0.3, -0.25) is 9.69 Å². The van der Waals surface area contributed by atoms with Gasteiger partial charge in [-0.1, -0.05) is 13.0 Å². The van der Waals surface area contributed by atoms with Crippen molar-refractivity contribution in [2.24, 2.45) is 4.99 Å². The molecule has 1 fully saturated rings. The number of ether oxygens (including phenoxy) is 2. The van der Waals surface area contributed by atoms with Crippen LogP contribution in [0.15, 0.2) is 39.7 Å². The molecule has 2 aromatic rings. The van der Waals surface area contributed by atoms with Crippen LogP contribution < -0.4 is 9.47 Å². The molecule has 1 atom stereocenters. The average Bonchev–Trinajstić information content (AvgIpc) is 3.31. The van der Waals surface area contributed by atoms with Crippen molar-refractivity contribution in [2.75, 3.05) is 14.2 Å². The number of aromatic nitrogens is 1. The van der Waals surface area contributed by atoms with Gasteiger partial charge in [-0.2, -0.15) is 4.99 Å². The molecular weight excluding hydrogens is 414 g/mol. The minimum atomic E-state index is -1.04. The van der Waals surface area contributed by atoms with Gasteiger partial charge in [0.2, 0.25) is 5.13 Å². The lowest BCUT2D eigenvalue weighted by Crippen LogP contribution is -2.26. The second-order valence-corrected chi connectivity index (χ2v) is 7.83. The molecule has 1 unspecified atom stereocenters. The number of likely N-dealkylation sites (N-methyl/N-ethyl adjacent to an activating group) is 1. The molecule has 8 nitrogen and oxygen atoms in total. The van der Waals surface area contributed by atoms with Gasteiger partial charge in [-0.25, -0.2) is 9.78 Å². The average molecular weight is 434 g/mol. The van der Waals surface area contributed by atoms with E-state index in [1.807, 2.05) is 5.38 Å². The zero-order valence-electron chi connectivity index (χ0n) is 16.0. The van der Waals surface area contributed by atoms with Crippen LogP contribution in [0.4, 0.5) is 5.13 Å². The SMILES string of the molecule is CCC(Oc1ccc(/C=C2/S/C(=N/c3nccs3)N(C)C2=O)cc1OC)C(=O)O. The Hall–Kier alpha value is -2.85. The first kappa shape index (κ1) is 20.9. The van der Waals surface area contributed by atoms with E-state index in [9.17, 15) is 14.7 Å². The molecule has 1 aromatic heterocycles. The molecule has 1 aliphatic heterocycles. The summed E-state index contributed by atoms with van der Waals surface area (Å²) in [6.07, 6.45) is 2.75. The predicted octanol–water partition coefficient (Wildman–Crippen LogP) is 3.63. The summed E-state index contributed by atoms with van der Waals surface area (Å²) in [4.78, 5) is 34.3. The molecule has 0 radical (unpaired) electrons. The summed E-state index contributed by atoms with van der Waals surface area (Å²) >= 11 is 2.65. The van der Waals surface area contributed by atoms with Crippen molar-refractivity contribution in [3.63, 3.8) is 0 Å². The van der Waals surface area contributed by atoms with Crippen LogP contribution in [0.1, 0.15) is 18.9 Å². The molecular formula is C19H19N3O5S2. The molecule has 0 aliphatic carbocycles. The van der Waals surface area contributed by atoms with Crippen molar-refractivity contribution < 1.29 is 24.2 Å². The minimum Gasteiger partial charge on any atom is -0.493 e. The molecule has 2 heterocycles. The number of hydrogen-bond acceptors (Lipinski definition) is 8. The largest absolute Gasteiger partial charge is 0.493 e. The monoisotopic (exact) mass is 433 g/mol. The van der Waals surface area contributed by atoms with E-state index in [0.29, 0.717) is 33.1 Å². The van der Waals surface area contributed by atoms with Crippen LogP contribution in [0.2, 0.25) is 0 Å². The number of benzene rings is 1. The van der Waals surface area contributed by atoms with Gasteiger partial charge in [0.15, 0.2) is 22.8 Å². The van der Waals surface area contributed by atoms with Crippen LogP contribution >= 0.6 is 23.1 Å². The highest BCUT2D eigenvalue weighted by Crippen LogP contribution is 2.35. The number of aliphatic carboxylic acids is 1. The first-order valence-electron chi connectivity index (χ1n) is 8.66. The molecule has 10 heteroatoms. The topological polar surface area (TPSA) is 101 Å². The number of thiazole rings is 1. The molecule has 152 valence electrons. The zero-order chi connectivity index (χ0) is 21.0. The van der Waals surface area contributed by atoms with Crippen molar-refractivity contribution >= 4 is 51.4 Å². The Morgan fingerprint density at radius 2 is 2.21 bits per heavy atom. The summed E-state index contributed by atoms with van der Waals surface area (Å²) in [5.74, 6) is -0.484. The van der Waals surface area contributed by atoms with E-state index in [1.165, 1.54) is 35.1 Å². The van der Waals surface area contributed by atoms with Crippen molar-refractivity contribution in [3.05, 3.63) is 40.2 Å². The first-order valence-corrected chi connectivity index (χ1v) is 10.4. The molecule has 1 saturated heterocycles. The maximum atomic E-state index is 12.5. The molecule has 1 aromatic carbocycles. The molecule has 1 amide bonds. The third-order valence-electron chi connectivity index (χ3n) is 4.02. The van der Waals surface area contributed by atoms with Crippen molar-refractivity contribution in [3.8, 4) is 11.5 Å². The Bertz CT molecular complexity index is 972. The summed E-state index contributed by atoms with van der Waals surface area (Å²) in [7, 11) is 3.14. The molecule has 29 heavy (non-hydrogen) atoms. The molecule has 0 bridgehead atoms. The maximum absolute atomic E-state index is 12.5. The highest BCUT2D eigenvalue weighted by Gasteiger charge is 2.30. The third kappa shape index (κ3) is 4.77. The zero-order valence-corrected chi connectivity index (χ0v) is 17.6. The minimum absolute atomic E-state index is 0.165. The lowest BCUT2D eigenvalue weighted by atomic mass is 10.1. The van der Waals surface area contributed by atoms with Crippen molar-refractivity contribution in [2.45, 2.75) is 19.4 Å². The Kier molecular flexibility index (Phi) is 6.55. The summed E-state index contributed by atoms with van der Waals surface area (Å²) in [5, 5.41) is 12.1. The van der Waals surface area contributed by atoms with Gasteiger partial charge >= 0.3 is 5.97 Å². The number of amides is 1. The fourth-order valence-corrected chi connectivity index (χ4v) is 4.02. The van der Waals surface area contributed by atoms with E-state index in [4.69, 9.17) is 9.47 Å². The number of methoxy groups -OCH3 is 1. The molecule has 3 rings (SSSR count). The maximum Gasteiger partial charge on any atom is 0.344 e. The number of amidine groups is 1. The predicted molar refractivity (Wildman–Crippen MR) is 113 cm³/mol. The highest BCUT2D eigenvalue weighted by atomic mass is 32.2. The van der Waals surface area contributed by atoms with Gasteiger partial charge in [0.1, 0.15) is 0 Å². The number of nitrogens with zero attached hydrogens (tertiary/aromatic N) is 3. The van der Waals surface area contributed by atoms with Crippen LogP contribution in [0.5, 0.6) is 11.5 Å². The Morgan fingerprint density at radius 3 is 2.83 bits per heavy atom. The molecule has 1 aliphatic rings. The second kappa shape index (κ2) is 9.10. The quantitative estimate of drug-likeness (QED) is 0.665. The van der Waals surface area contributed by atoms with E-state index in [2.05, 4.69) is 9.98 Å². The number of carbonyl (C=O) groups excluding carboxylic acids is 1. The van der Waals surface area contributed by atoms with Crippen molar-refractivity contribution in [1.82, 2.24) is 9.88 Å². The molecule has 0 spiro atoms. The number of aliphatic imine (C=N–C) groups is 1. The van der Waals surface area contributed by atoms with Crippen LogP contribution in [-0.2, 0) is 9.59 Å².